The fourth-order valence-corrected chi connectivity index (χ4v) is 2.30. The van der Waals surface area contributed by atoms with Crippen molar-refractivity contribution < 1.29 is 14.2 Å². The Kier molecular flexibility index (Phi) is 10.6. The Labute approximate surface area is 162 Å². The SMILES string of the molecule is CCCCOCCOCCNC(=NC)NCc1ccc(OCC2CC2)nc1. The molecule has 0 radical (unpaired) electrons. The molecular weight excluding hydrogens is 344 g/mol. The van der Waals surface area contributed by atoms with Crippen molar-refractivity contribution >= 4 is 5.96 Å². The number of guanidine groups is 1. The molecule has 1 aromatic heterocycles. The van der Waals surface area contributed by atoms with E-state index in [1.807, 2.05) is 18.3 Å². The third-order valence-electron chi connectivity index (χ3n) is 4.20. The highest BCUT2D eigenvalue weighted by molar-refractivity contribution is 5.79. The van der Waals surface area contributed by atoms with Crippen molar-refractivity contribution in [3.63, 3.8) is 0 Å². The number of hydrogen-bond acceptors (Lipinski definition) is 5. The van der Waals surface area contributed by atoms with Gasteiger partial charge in [-0.15, -0.1) is 0 Å². The summed E-state index contributed by atoms with van der Waals surface area (Å²) in [5, 5.41) is 6.50. The summed E-state index contributed by atoms with van der Waals surface area (Å²) >= 11 is 0. The standard InChI is InChI=1S/C20H34N4O3/c1-3-4-10-25-12-13-26-11-9-22-20(21-2)24-15-18-7-8-19(23-14-18)27-16-17-5-6-17/h7-8,14,17H,3-6,9-13,15-16H2,1-2H3,(H2,21,22,24). The minimum absolute atomic E-state index is 0.617. The van der Waals surface area contributed by atoms with Gasteiger partial charge in [0.25, 0.3) is 0 Å². The molecule has 1 aromatic rings. The number of aromatic nitrogens is 1. The molecule has 0 unspecified atom stereocenters. The van der Waals surface area contributed by atoms with Crippen molar-refractivity contribution in [3.8, 4) is 5.88 Å². The Bertz CT molecular complexity index is 533. The van der Waals surface area contributed by atoms with Crippen molar-refractivity contribution in [1.29, 1.82) is 0 Å². The molecular formula is C20H34N4O3. The van der Waals surface area contributed by atoms with E-state index >= 15 is 0 Å². The zero-order valence-corrected chi connectivity index (χ0v) is 16.7. The average Bonchev–Trinajstić information content (AvgIpc) is 3.53. The second-order valence-corrected chi connectivity index (χ2v) is 6.69. The topological polar surface area (TPSA) is 77.0 Å². The van der Waals surface area contributed by atoms with Gasteiger partial charge >= 0.3 is 0 Å². The van der Waals surface area contributed by atoms with E-state index < -0.39 is 0 Å². The third kappa shape index (κ3) is 10.2. The fraction of sp³-hybridized carbons (Fsp3) is 0.700. The van der Waals surface area contributed by atoms with E-state index in [1.54, 1.807) is 7.05 Å². The van der Waals surface area contributed by atoms with Gasteiger partial charge < -0.3 is 24.8 Å². The molecule has 2 rings (SSSR count). The Morgan fingerprint density at radius 3 is 2.63 bits per heavy atom. The van der Waals surface area contributed by atoms with E-state index in [4.69, 9.17) is 14.2 Å². The maximum atomic E-state index is 5.65. The summed E-state index contributed by atoms with van der Waals surface area (Å²) in [6.45, 7) is 7.00. The van der Waals surface area contributed by atoms with Crippen LogP contribution in [0.2, 0.25) is 0 Å². The second-order valence-electron chi connectivity index (χ2n) is 6.69. The molecule has 0 saturated heterocycles. The Morgan fingerprint density at radius 1 is 1.15 bits per heavy atom. The predicted octanol–water partition coefficient (Wildman–Crippen LogP) is 2.37. The van der Waals surface area contributed by atoms with Gasteiger partial charge in [0, 0.05) is 39.0 Å². The van der Waals surface area contributed by atoms with Gasteiger partial charge in [-0.05, 0) is 30.7 Å². The van der Waals surface area contributed by atoms with Crippen LogP contribution in [0.4, 0.5) is 0 Å². The molecule has 1 aliphatic carbocycles. The number of ether oxygens (including phenoxy) is 3. The summed E-state index contributed by atoms with van der Waals surface area (Å²) in [5.74, 6) is 2.18. The second kappa shape index (κ2) is 13.3. The summed E-state index contributed by atoms with van der Waals surface area (Å²) in [4.78, 5) is 8.56. The quantitative estimate of drug-likeness (QED) is 0.294. The number of nitrogens with one attached hydrogen (secondary N) is 2. The van der Waals surface area contributed by atoms with Crippen LogP contribution >= 0.6 is 0 Å². The maximum absolute atomic E-state index is 5.65. The first-order chi connectivity index (χ1) is 13.3. The highest BCUT2D eigenvalue weighted by Crippen LogP contribution is 2.29. The maximum Gasteiger partial charge on any atom is 0.213 e. The molecule has 1 fully saturated rings. The molecule has 7 nitrogen and oxygen atoms in total. The van der Waals surface area contributed by atoms with Crippen molar-refractivity contribution in [2.75, 3.05) is 46.6 Å². The molecule has 0 spiro atoms. The lowest BCUT2D eigenvalue weighted by Gasteiger charge is -2.12. The van der Waals surface area contributed by atoms with E-state index in [0.29, 0.717) is 38.8 Å². The lowest BCUT2D eigenvalue weighted by Crippen LogP contribution is -2.38. The summed E-state index contributed by atoms with van der Waals surface area (Å²) in [5.41, 5.74) is 1.08. The van der Waals surface area contributed by atoms with Gasteiger partial charge in [-0.2, -0.15) is 0 Å². The summed E-state index contributed by atoms with van der Waals surface area (Å²) in [6.07, 6.45) is 6.67. The van der Waals surface area contributed by atoms with Crippen LogP contribution in [0.3, 0.4) is 0 Å². The molecule has 2 N–H and O–H groups in total. The summed E-state index contributed by atoms with van der Waals surface area (Å²) < 4.78 is 16.6. The van der Waals surface area contributed by atoms with Gasteiger partial charge in [-0.3, -0.25) is 4.99 Å². The predicted molar refractivity (Wildman–Crippen MR) is 107 cm³/mol. The van der Waals surface area contributed by atoms with Gasteiger partial charge in [0.1, 0.15) is 0 Å². The van der Waals surface area contributed by atoms with E-state index in [2.05, 4.69) is 27.5 Å². The molecule has 152 valence electrons. The van der Waals surface area contributed by atoms with Crippen LogP contribution in [-0.4, -0.2) is 57.6 Å². The van der Waals surface area contributed by atoms with E-state index in [9.17, 15) is 0 Å². The van der Waals surface area contributed by atoms with Gasteiger partial charge in [-0.1, -0.05) is 19.4 Å². The first-order valence-corrected chi connectivity index (χ1v) is 9.99. The van der Waals surface area contributed by atoms with Crippen LogP contribution in [0.5, 0.6) is 5.88 Å². The average molecular weight is 379 g/mol. The number of hydrogen-bond donors (Lipinski definition) is 2. The zero-order chi connectivity index (χ0) is 19.2. The Balaban J connectivity index is 1.51. The zero-order valence-electron chi connectivity index (χ0n) is 16.7. The van der Waals surface area contributed by atoms with Crippen molar-refractivity contribution in [2.45, 2.75) is 39.2 Å². The van der Waals surface area contributed by atoms with Crippen LogP contribution in [0.25, 0.3) is 0 Å². The van der Waals surface area contributed by atoms with E-state index in [0.717, 1.165) is 43.5 Å². The number of pyridine rings is 1. The molecule has 0 atom stereocenters. The minimum atomic E-state index is 0.617. The molecule has 1 saturated carbocycles. The lowest BCUT2D eigenvalue weighted by atomic mass is 10.3. The summed E-state index contributed by atoms with van der Waals surface area (Å²) in [7, 11) is 1.75. The van der Waals surface area contributed by atoms with Gasteiger partial charge in [0.2, 0.25) is 5.88 Å². The monoisotopic (exact) mass is 378 g/mol. The van der Waals surface area contributed by atoms with Gasteiger partial charge in [-0.25, -0.2) is 4.98 Å². The number of rotatable bonds is 14. The molecule has 0 aliphatic heterocycles. The third-order valence-corrected chi connectivity index (χ3v) is 4.20. The van der Waals surface area contributed by atoms with Crippen LogP contribution < -0.4 is 15.4 Å². The summed E-state index contributed by atoms with van der Waals surface area (Å²) in [6, 6.07) is 3.95. The van der Waals surface area contributed by atoms with E-state index in [-0.39, 0.29) is 0 Å². The molecule has 7 heteroatoms. The number of unbranched alkanes of at least 4 members (excludes halogenated alkanes) is 1. The molecule has 1 heterocycles. The number of aliphatic imine (C=N–C) groups is 1. The minimum Gasteiger partial charge on any atom is -0.477 e. The van der Waals surface area contributed by atoms with Crippen LogP contribution in [-0.2, 0) is 16.0 Å². The van der Waals surface area contributed by atoms with Crippen LogP contribution in [0, 0.1) is 5.92 Å². The van der Waals surface area contributed by atoms with Gasteiger partial charge in [0.15, 0.2) is 5.96 Å². The van der Waals surface area contributed by atoms with Crippen molar-refractivity contribution in [2.24, 2.45) is 10.9 Å². The molecule has 1 aliphatic rings. The molecule has 27 heavy (non-hydrogen) atoms. The molecule has 0 amide bonds. The Morgan fingerprint density at radius 2 is 1.96 bits per heavy atom. The van der Waals surface area contributed by atoms with Crippen molar-refractivity contribution in [3.05, 3.63) is 23.9 Å². The van der Waals surface area contributed by atoms with Crippen LogP contribution in [0.15, 0.2) is 23.3 Å². The van der Waals surface area contributed by atoms with E-state index in [1.165, 1.54) is 12.8 Å². The van der Waals surface area contributed by atoms with Crippen LogP contribution in [0.1, 0.15) is 38.2 Å². The number of nitrogens with zero attached hydrogens (tertiary/aromatic N) is 2. The fourth-order valence-electron chi connectivity index (χ4n) is 2.30. The first kappa shape index (κ1) is 21.4. The van der Waals surface area contributed by atoms with Gasteiger partial charge in [0.05, 0.1) is 26.4 Å². The first-order valence-electron chi connectivity index (χ1n) is 9.99. The Hall–Kier alpha value is -1.86. The largest absolute Gasteiger partial charge is 0.477 e. The molecule has 0 bridgehead atoms. The smallest absolute Gasteiger partial charge is 0.213 e. The highest BCUT2D eigenvalue weighted by atomic mass is 16.5. The normalized spacial score (nSPS) is 14.2. The lowest BCUT2D eigenvalue weighted by molar-refractivity contribution is 0.0487. The molecule has 0 aromatic carbocycles. The highest BCUT2D eigenvalue weighted by Gasteiger charge is 2.21. The van der Waals surface area contributed by atoms with Crippen molar-refractivity contribution in [1.82, 2.24) is 15.6 Å².